The second kappa shape index (κ2) is 7.82. The standard InChI is InChI=1S/C16H22FN3O2/c1-2-22-16(21)20-15-8-7-13(9-14(15)18)19-10-11-3-5-12(17)6-4-11/h3,5,7-9,16,19-21H,2,4,6,10,18H2,1H3. The van der Waals surface area contributed by atoms with Gasteiger partial charge < -0.3 is 26.2 Å². The minimum absolute atomic E-state index is 0.0729. The van der Waals surface area contributed by atoms with Gasteiger partial charge in [0.2, 0.25) is 6.41 Å². The Hall–Kier alpha value is -2.05. The summed E-state index contributed by atoms with van der Waals surface area (Å²) in [7, 11) is 0. The second-order valence-corrected chi connectivity index (χ2v) is 5.05. The van der Waals surface area contributed by atoms with Crippen molar-refractivity contribution in [2.24, 2.45) is 0 Å². The van der Waals surface area contributed by atoms with Crippen LogP contribution in [0.1, 0.15) is 19.8 Å². The summed E-state index contributed by atoms with van der Waals surface area (Å²) < 4.78 is 17.9. The quantitative estimate of drug-likeness (QED) is 0.460. The van der Waals surface area contributed by atoms with Gasteiger partial charge in [0.1, 0.15) is 5.83 Å². The topological polar surface area (TPSA) is 79.5 Å². The van der Waals surface area contributed by atoms with E-state index in [1.807, 2.05) is 12.1 Å². The molecule has 0 aliphatic heterocycles. The van der Waals surface area contributed by atoms with E-state index in [-0.39, 0.29) is 5.83 Å². The number of hydrogen-bond acceptors (Lipinski definition) is 5. The van der Waals surface area contributed by atoms with E-state index in [1.54, 1.807) is 19.1 Å². The van der Waals surface area contributed by atoms with E-state index in [4.69, 9.17) is 10.5 Å². The summed E-state index contributed by atoms with van der Waals surface area (Å²) in [6.07, 6.45) is 3.43. The predicted octanol–water partition coefficient (Wildman–Crippen LogP) is 2.98. The number of halogens is 1. The molecule has 0 saturated carbocycles. The van der Waals surface area contributed by atoms with E-state index < -0.39 is 6.41 Å². The lowest BCUT2D eigenvalue weighted by Gasteiger charge is -2.17. The Morgan fingerprint density at radius 3 is 2.82 bits per heavy atom. The Labute approximate surface area is 129 Å². The van der Waals surface area contributed by atoms with Crippen LogP contribution in [-0.4, -0.2) is 24.7 Å². The zero-order valence-corrected chi connectivity index (χ0v) is 12.6. The molecule has 0 amide bonds. The highest BCUT2D eigenvalue weighted by Gasteiger charge is 2.08. The molecule has 1 aliphatic rings. The number of nitrogens with two attached hydrogens (primary N) is 1. The van der Waals surface area contributed by atoms with Crippen LogP contribution in [0.4, 0.5) is 21.5 Å². The largest absolute Gasteiger partial charge is 0.397 e. The van der Waals surface area contributed by atoms with Crippen molar-refractivity contribution >= 4 is 17.1 Å². The average molecular weight is 307 g/mol. The number of allylic oxidation sites excluding steroid dienone is 3. The first-order valence-corrected chi connectivity index (χ1v) is 7.32. The zero-order chi connectivity index (χ0) is 15.9. The van der Waals surface area contributed by atoms with Crippen LogP contribution in [0.15, 0.2) is 41.8 Å². The first-order valence-electron chi connectivity index (χ1n) is 7.32. The van der Waals surface area contributed by atoms with Gasteiger partial charge in [0.05, 0.1) is 11.4 Å². The van der Waals surface area contributed by atoms with Crippen molar-refractivity contribution in [3.8, 4) is 0 Å². The number of rotatable bonds is 7. The minimum atomic E-state index is -1.08. The van der Waals surface area contributed by atoms with Gasteiger partial charge in [-0.3, -0.25) is 0 Å². The second-order valence-electron chi connectivity index (χ2n) is 5.05. The molecule has 1 aliphatic carbocycles. The molecule has 0 saturated heterocycles. The summed E-state index contributed by atoms with van der Waals surface area (Å²) in [5.74, 6) is -0.0729. The fourth-order valence-corrected chi connectivity index (χ4v) is 2.15. The highest BCUT2D eigenvalue weighted by Crippen LogP contribution is 2.24. The van der Waals surface area contributed by atoms with Gasteiger partial charge in [-0.1, -0.05) is 11.6 Å². The molecule has 1 unspecified atom stereocenters. The third kappa shape index (κ3) is 4.75. The van der Waals surface area contributed by atoms with Crippen molar-refractivity contribution in [1.82, 2.24) is 0 Å². The maximum Gasteiger partial charge on any atom is 0.235 e. The van der Waals surface area contributed by atoms with Crippen LogP contribution >= 0.6 is 0 Å². The molecule has 0 bridgehead atoms. The Kier molecular flexibility index (Phi) is 5.80. The van der Waals surface area contributed by atoms with Crippen molar-refractivity contribution in [2.45, 2.75) is 26.2 Å². The predicted molar refractivity (Wildman–Crippen MR) is 87.1 cm³/mol. The molecule has 5 N–H and O–H groups in total. The monoisotopic (exact) mass is 307 g/mol. The zero-order valence-electron chi connectivity index (χ0n) is 12.6. The highest BCUT2D eigenvalue weighted by atomic mass is 19.1. The van der Waals surface area contributed by atoms with Crippen LogP contribution in [0.2, 0.25) is 0 Å². The fourth-order valence-electron chi connectivity index (χ4n) is 2.15. The third-order valence-corrected chi connectivity index (χ3v) is 3.36. The molecule has 0 fully saturated rings. The summed E-state index contributed by atoms with van der Waals surface area (Å²) in [4.78, 5) is 0. The molecule has 0 spiro atoms. The van der Waals surface area contributed by atoms with Gasteiger partial charge >= 0.3 is 0 Å². The van der Waals surface area contributed by atoms with Crippen LogP contribution in [0, 0.1) is 0 Å². The maximum atomic E-state index is 12.9. The van der Waals surface area contributed by atoms with Gasteiger partial charge in [-0.25, -0.2) is 4.39 Å². The van der Waals surface area contributed by atoms with Gasteiger partial charge in [0, 0.05) is 25.3 Å². The Morgan fingerprint density at radius 1 is 1.36 bits per heavy atom. The van der Waals surface area contributed by atoms with Crippen LogP contribution in [0.5, 0.6) is 0 Å². The van der Waals surface area contributed by atoms with E-state index >= 15 is 0 Å². The summed E-state index contributed by atoms with van der Waals surface area (Å²) in [6.45, 7) is 2.84. The number of aliphatic hydroxyl groups excluding tert-OH is 1. The summed E-state index contributed by atoms with van der Waals surface area (Å²) in [6, 6.07) is 5.41. The minimum Gasteiger partial charge on any atom is -0.397 e. The van der Waals surface area contributed by atoms with Crippen molar-refractivity contribution < 1.29 is 14.2 Å². The Morgan fingerprint density at radius 2 is 2.18 bits per heavy atom. The summed E-state index contributed by atoms with van der Waals surface area (Å²) >= 11 is 0. The molecule has 1 atom stereocenters. The average Bonchev–Trinajstić information content (AvgIpc) is 2.49. The van der Waals surface area contributed by atoms with E-state index in [0.717, 1.165) is 17.7 Å². The lowest BCUT2D eigenvalue weighted by atomic mass is 10.0. The molecule has 120 valence electrons. The third-order valence-electron chi connectivity index (χ3n) is 3.36. The normalized spacial score (nSPS) is 15.8. The molecule has 2 rings (SSSR count). The van der Waals surface area contributed by atoms with Gasteiger partial charge in [-0.15, -0.1) is 0 Å². The number of nitrogen functional groups attached to an aromatic ring is 1. The van der Waals surface area contributed by atoms with E-state index in [9.17, 15) is 9.50 Å². The molecule has 5 nitrogen and oxygen atoms in total. The molecule has 0 radical (unpaired) electrons. The molecule has 22 heavy (non-hydrogen) atoms. The summed E-state index contributed by atoms with van der Waals surface area (Å²) in [5.41, 5.74) is 9.07. The van der Waals surface area contributed by atoms with Gasteiger partial charge in [0.15, 0.2) is 0 Å². The molecular formula is C16H22FN3O2. The Bertz CT molecular complexity index is 573. The van der Waals surface area contributed by atoms with E-state index in [0.29, 0.717) is 30.9 Å². The molecule has 6 heteroatoms. The molecule has 0 heterocycles. The van der Waals surface area contributed by atoms with Crippen molar-refractivity contribution in [3.63, 3.8) is 0 Å². The Balaban J connectivity index is 1.92. The van der Waals surface area contributed by atoms with Gasteiger partial charge in [0.25, 0.3) is 0 Å². The van der Waals surface area contributed by atoms with Crippen molar-refractivity contribution in [1.29, 1.82) is 0 Å². The lowest BCUT2D eigenvalue weighted by Crippen LogP contribution is -2.22. The number of ether oxygens (including phenoxy) is 1. The first-order chi connectivity index (χ1) is 10.6. The van der Waals surface area contributed by atoms with Crippen LogP contribution in [0.25, 0.3) is 0 Å². The summed E-state index contributed by atoms with van der Waals surface area (Å²) in [5, 5.41) is 15.6. The van der Waals surface area contributed by atoms with Crippen LogP contribution in [-0.2, 0) is 4.74 Å². The lowest BCUT2D eigenvalue weighted by molar-refractivity contribution is -0.0730. The van der Waals surface area contributed by atoms with Crippen LogP contribution in [0.3, 0.4) is 0 Å². The molecule has 1 aromatic rings. The fraction of sp³-hybridized carbons (Fsp3) is 0.375. The SMILES string of the molecule is CCOC(O)Nc1ccc(NCC2=CC=C(F)CC2)cc1N. The number of hydrogen-bond donors (Lipinski definition) is 4. The first kappa shape index (κ1) is 16.3. The molecule has 1 aromatic carbocycles. The number of aliphatic hydroxyl groups is 1. The van der Waals surface area contributed by atoms with Gasteiger partial charge in [-0.2, -0.15) is 0 Å². The van der Waals surface area contributed by atoms with Crippen molar-refractivity contribution in [3.05, 3.63) is 41.8 Å². The number of anilines is 3. The van der Waals surface area contributed by atoms with Crippen LogP contribution < -0.4 is 16.4 Å². The number of benzene rings is 1. The number of nitrogens with one attached hydrogen (secondary N) is 2. The van der Waals surface area contributed by atoms with E-state index in [1.165, 1.54) is 6.08 Å². The maximum absolute atomic E-state index is 12.9. The smallest absolute Gasteiger partial charge is 0.235 e. The highest BCUT2D eigenvalue weighted by molar-refractivity contribution is 5.71. The van der Waals surface area contributed by atoms with E-state index in [2.05, 4.69) is 10.6 Å². The van der Waals surface area contributed by atoms with Gasteiger partial charge in [-0.05, 0) is 37.6 Å². The molecule has 0 aromatic heterocycles. The van der Waals surface area contributed by atoms with Crippen molar-refractivity contribution in [2.75, 3.05) is 29.5 Å². The molecular weight excluding hydrogens is 285 g/mol.